The Bertz CT molecular complexity index is 128. The van der Waals surface area contributed by atoms with E-state index in [2.05, 4.69) is 13.8 Å². The maximum Gasteiger partial charge on any atom is 0.330 e. The third-order valence-electron chi connectivity index (χ3n) is 1.16. The smallest absolute Gasteiger partial charge is 0.330 e. The average Bonchev–Trinajstić information content (AvgIpc) is 2.01. The predicted molar refractivity (Wildman–Crippen MR) is 45.0 cm³/mol. The molecule has 0 rings (SSSR count). The van der Waals surface area contributed by atoms with E-state index in [0.29, 0.717) is 13.0 Å². The maximum atomic E-state index is 10.7. The van der Waals surface area contributed by atoms with Crippen molar-refractivity contribution in [2.24, 2.45) is 0 Å². The van der Waals surface area contributed by atoms with Gasteiger partial charge in [-0.15, -0.1) is 0 Å². The van der Waals surface area contributed by atoms with E-state index in [1.54, 1.807) is 6.08 Å². The molecule has 0 amide bonds. The Kier molecular flexibility index (Phi) is 6.79. The van der Waals surface area contributed by atoms with Gasteiger partial charge in [-0.25, -0.2) is 4.79 Å². The second-order valence-corrected chi connectivity index (χ2v) is 2.21. The van der Waals surface area contributed by atoms with Crippen LogP contribution in [-0.4, -0.2) is 12.6 Å². The number of esters is 1. The van der Waals surface area contributed by atoms with Crippen LogP contribution in [0.4, 0.5) is 0 Å². The predicted octanol–water partition coefficient (Wildman–Crippen LogP) is 2.11. The molecule has 1 radical (unpaired) electrons. The lowest BCUT2D eigenvalue weighted by atomic mass is 10.4. The summed E-state index contributed by atoms with van der Waals surface area (Å²) in [5.41, 5.74) is 0. The van der Waals surface area contributed by atoms with Gasteiger partial charge in [-0.3, -0.25) is 0 Å². The minimum absolute atomic E-state index is 0.262. The van der Waals surface area contributed by atoms with E-state index in [1.807, 2.05) is 0 Å². The van der Waals surface area contributed by atoms with Crippen molar-refractivity contribution in [3.8, 4) is 0 Å². The van der Waals surface area contributed by atoms with Gasteiger partial charge in [-0.1, -0.05) is 19.4 Å². The molecule has 0 saturated carbocycles. The van der Waals surface area contributed by atoms with E-state index in [9.17, 15) is 4.79 Å². The van der Waals surface area contributed by atoms with Crippen LogP contribution in [0.3, 0.4) is 0 Å². The van der Waals surface area contributed by atoms with Crippen molar-refractivity contribution in [1.29, 1.82) is 0 Å². The second kappa shape index (κ2) is 7.32. The van der Waals surface area contributed by atoms with Gasteiger partial charge in [0.1, 0.15) is 0 Å². The zero-order valence-electron chi connectivity index (χ0n) is 7.01. The minimum atomic E-state index is -0.262. The van der Waals surface area contributed by atoms with Crippen LogP contribution in [-0.2, 0) is 9.53 Å². The number of ether oxygens (including phenoxy) is 1. The monoisotopic (exact) mass is 155 g/mol. The van der Waals surface area contributed by atoms with Gasteiger partial charge < -0.3 is 4.74 Å². The largest absolute Gasteiger partial charge is 0.463 e. The van der Waals surface area contributed by atoms with Gasteiger partial charge in [-0.2, -0.15) is 0 Å². The molecule has 0 fully saturated rings. The number of hydrogen-bond acceptors (Lipinski definition) is 2. The van der Waals surface area contributed by atoms with Gasteiger partial charge in [0.15, 0.2) is 0 Å². The minimum Gasteiger partial charge on any atom is -0.463 e. The summed E-state index contributed by atoms with van der Waals surface area (Å²) in [7, 11) is 0. The molecule has 2 nitrogen and oxygen atoms in total. The lowest BCUT2D eigenvalue weighted by Gasteiger charge is -1.98. The summed E-state index contributed by atoms with van der Waals surface area (Å²) in [6.45, 7) is 6.14. The number of unbranched alkanes of at least 4 members (excludes halogenated alkanes) is 1. The summed E-state index contributed by atoms with van der Waals surface area (Å²) in [6, 6.07) is 0. The Balaban J connectivity index is 3.30. The summed E-state index contributed by atoms with van der Waals surface area (Å²) in [5, 5.41) is 0. The van der Waals surface area contributed by atoms with Gasteiger partial charge in [0.05, 0.1) is 6.61 Å². The molecular weight excluding hydrogens is 140 g/mol. The average molecular weight is 155 g/mol. The molecule has 0 aromatic carbocycles. The zero-order chi connectivity index (χ0) is 8.53. The van der Waals surface area contributed by atoms with Crippen LogP contribution in [0.15, 0.2) is 12.2 Å². The highest BCUT2D eigenvalue weighted by atomic mass is 16.5. The second-order valence-electron chi connectivity index (χ2n) is 2.21. The quantitative estimate of drug-likeness (QED) is 0.345. The lowest BCUT2D eigenvalue weighted by Crippen LogP contribution is -2.01. The highest BCUT2D eigenvalue weighted by Gasteiger charge is 1.93. The fourth-order valence-electron chi connectivity index (χ4n) is 0.545. The maximum absolute atomic E-state index is 10.7. The number of hydrogen-bond donors (Lipinski definition) is 0. The zero-order valence-corrected chi connectivity index (χ0v) is 7.01. The first-order valence-electron chi connectivity index (χ1n) is 3.93. The molecule has 0 aliphatic carbocycles. The third kappa shape index (κ3) is 7.10. The summed E-state index contributed by atoms with van der Waals surface area (Å²) < 4.78 is 4.83. The highest BCUT2D eigenvalue weighted by molar-refractivity contribution is 5.81. The Labute approximate surface area is 68.2 Å². The molecule has 0 bridgehead atoms. The summed E-state index contributed by atoms with van der Waals surface area (Å²) in [6.07, 6.45) is 5.72. The molecule has 0 N–H and O–H groups in total. The summed E-state index contributed by atoms with van der Waals surface area (Å²) in [5.74, 6) is -0.262. The molecule has 0 aliphatic heterocycles. The molecule has 2 heteroatoms. The third-order valence-corrected chi connectivity index (χ3v) is 1.16. The Morgan fingerprint density at radius 1 is 1.64 bits per heavy atom. The number of allylic oxidation sites excluding steroid dienone is 1. The number of carbonyl (C=O) groups is 1. The normalized spacial score (nSPS) is 10.4. The van der Waals surface area contributed by atoms with Crippen LogP contribution in [0.2, 0.25) is 0 Å². The van der Waals surface area contributed by atoms with Crippen molar-refractivity contribution in [3.05, 3.63) is 19.1 Å². The Morgan fingerprint density at radius 2 is 2.36 bits per heavy atom. The SMILES string of the molecule is [CH2]CC=CC(=O)OCCCC. The molecule has 0 aliphatic rings. The van der Waals surface area contributed by atoms with E-state index >= 15 is 0 Å². The molecule has 0 aromatic rings. The van der Waals surface area contributed by atoms with Crippen molar-refractivity contribution >= 4 is 5.97 Å². The van der Waals surface area contributed by atoms with Crippen LogP contribution in [0.25, 0.3) is 0 Å². The van der Waals surface area contributed by atoms with E-state index in [4.69, 9.17) is 4.74 Å². The molecule has 0 atom stereocenters. The number of rotatable bonds is 5. The van der Waals surface area contributed by atoms with Gasteiger partial charge in [-0.05, 0) is 19.8 Å². The van der Waals surface area contributed by atoms with Crippen LogP contribution in [0.5, 0.6) is 0 Å². The molecule has 0 aromatic heterocycles. The van der Waals surface area contributed by atoms with Crippen molar-refractivity contribution in [2.45, 2.75) is 26.2 Å². The van der Waals surface area contributed by atoms with E-state index in [-0.39, 0.29) is 5.97 Å². The van der Waals surface area contributed by atoms with Crippen LogP contribution in [0.1, 0.15) is 26.2 Å². The van der Waals surface area contributed by atoms with Gasteiger partial charge in [0.2, 0.25) is 0 Å². The fraction of sp³-hybridized carbons (Fsp3) is 0.556. The van der Waals surface area contributed by atoms with Crippen molar-refractivity contribution < 1.29 is 9.53 Å². The van der Waals surface area contributed by atoms with Gasteiger partial charge in [0, 0.05) is 6.08 Å². The lowest BCUT2D eigenvalue weighted by molar-refractivity contribution is -0.137. The molecular formula is C9H15O2. The van der Waals surface area contributed by atoms with Gasteiger partial charge in [0.25, 0.3) is 0 Å². The van der Waals surface area contributed by atoms with Crippen molar-refractivity contribution in [3.63, 3.8) is 0 Å². The summed E-state index contributed by atoms with van der Waals surface area (Å²) >= 11 is 0. The van der Waals surface area contributed by atoms with Crippen LogP contribution < -0.4 is 0 Å². The molecule has 0 heterocycles. The fourth-order valence-corrected chi connectivity index (χ4v) is 0.545. The van der Waals surface area contributed by atoms with E-state index in [1.165, 1.54) is 6.08 Å². The van der Waals surface area contributed by atoms with Crippen molar-refractivity contribution in [2.75, 3.05) is 6.61 Å². The topological polar surface area (TPSA) is 26.3 Å². The molecule has 0 unspecified atom stereocenters. The first kappa shape index (κ1) is 10.2. The highest BCUT2D eigenvalue weighted by Crippen LogP contribution is 1.90. The number of carbonyl (C=O) groups excluding carboxylic acids is 1. The Morgan fingerprint density at radius 3 is 2.91 bits per heavy atom. The van der Waals surface area contributed by atoms with E-state index < -0.39 is 0 Å². The molecule has 0 saturated heterocycles. The van der Waals surface area contributed by atoms with Gasteiger partial charge >= 0.3 is 5.97 Å². The Hall–Kier alpha value is -0.790. The standard InChI is InChI=1S/C9H15O2/c1-3-5-7-9(10)11-8-6-4-2/h5,7H,1,3-4,6,8H2,2H3. The van der Waals surface area contributed by atoms with Crippen LogP contribution >= 0.6 is 0 Å². The molecule has 63 valence electrons. The summed E-state index contributed by atoms with van der Waals surface area (Å²) in [4.78, 5) is 10.7. The first-order chi connectivity index (χ1) is 5.31. The van der Waals surface area contributed by atoms with E-state index in [0.717, 1.165) is 12.8 Å². The van der Waals surface area contributed by atoms with Crippen LogP contribution in [0, 0.1) is 6.92 Å². The first-order valence-corrected chi connectivity index (χ1v) is 3.93. The molecule has 0 spiro atoms. The molecule has 11 heavy (non-hydrogen) atoms. The van der Waals surface area contributed by atoms with Crippen molar-refractivity contribution in [1.82, 2.24) is 0 Å².